The molecule has 0 aliphatic heterocycles. The number of rotatable bonds is 4. The van der Waals surface area contributed by atoms with Crippen LogP contribution in [0.4, 0.5) is 0 Å². The van der Waals surface area contributed by atoms with Crippen molar-refractivity contribution in [1.82, 2.24) is 10.2 Å². The lowest BCUT2D eigenvalue weighted by molar-refractivity contribution is -0.133. The molecule has 1 heterocycles. The molecule has 0 aliphatic rings. The van der Waals surface area contributed by atoms with Gasteiger partial charge in [-0.2, -0.15) is 0 Å². The fraction of sp³-hybridized carbons (Fsp3) is 0.333. The predicted molar refractivity (Wildman–Crippen MR) is 76.1 cm³/mol. The fourth-order valence-electron chi connectivity index (χ4n) is 1.90. The van der Waals surface area contributed by atoms with Crippen molar-refractivity contribution < 1.29 is 14.0 Å². The van der Waals surface area contributed by atoms with Crippen LogP contribution in [-0.4, -0.2) is 30.3 Å². The minimum atomic E-state index is -0.241. The van der Waals surface area contributed by atoms with Gasteiger partial charge in [0.15, 0.2) is 0 Å². The second kappa shape index (κ2) is 5.77. The summed E-state index contributed by atoms with van der Waals surface area (Å²) in [6.45, 7) is 3.32. The van der Waals surface area contributed by atoms with E-state index >= 15 is 0 Å². The van der Waals surface area contributed by atoms with Crippen LogP contribution in [0.5, 0.6) is 0 Å². The first-order valence-corrected chi connectivity index (χ1v) is 6.47. The molecule has 0 saturated carbocycles. The van der Waals surface area contributed by atoms with Crippen LogP contribution in [0, 0.1) is 0 Å². The van der Waals surface area contributed by atoms with E-state index in [1.54, 1.807) is 7.05 Å². The summed E-state index contributed by atoms with van der Waals surface area (Å²) < 4.78 is 5.69. The molecule has 20 heavy (non-hydrogen) atoms. The molecule has 0 bridgehead atoms. The van der Waals surface area contributed by atoms with Gasteiger partial charge in [0.25, 0.3) is 0 Å². The van der Waals surface area contributed by atoms with Gasteiger partial charge in [0.1, 0.15) is 11.3 Å². The highest BCUT2D eigenvalue weighted by Crippen LogP contribution is 2.23. The predicted octanol–water partition coefficient (Wildman–Crippen LogP) is 2.09. The van der Waals surface area contributed by atoms with Crippen molar-refractivity contribution in [3.8, 4) is 0 Å². The maximum Gasteiger partial charge on any atom is 0.240 e. The number of benzene rings is 1. The molecule has 2 amide bonds. The third kappa shape index (κ3) is 3.17. The van der Waals surface area contributed by atoms with Crippen LogP contribution in [-0.2, 0) is 9.59 Å². The number of hydrogen-bond donors (Lipinski definition) is 1. The molecule has 1 N–H and O–H groups in total. The van der Waals surface area contributed by atoms with E-state index in [9.17, 15) is 9.59 Å². The normalized spacial score (nSPS) is 12.2. The monoisotopic (exact) mass is 274 g/mol. The molecule has 2 rings (SSSR count). The lowest BCUT2D eigenvalue weighted by Gasteiger charge is -2.16. The maximum atomic E-state index is 11.8. The number of amides is 2. The molecule has 1 aromatic heterocycles. The lowest BCUT2D eigenvalue weighted by atomic mass is 10.2. The van der Waals surface area contributed by atoms with Gasteiger partial charge in [-0.3, -0.25) is 9.59 Å². The fourth-order valence-corrected chi connectivity index (χ4v) is 1.90. The Hall–Kier alpha value is -2.30. The number of nitrogens with zero attached hydrogens (tertiary/aromatic N) is 1. The van der Waals surface area contributed by atoms with E-state index in [-0.39, 0.29) is 24.4 Å². The quantitative estimate of drug-likeness (QED) is 0.928. The minimum absolute atomic E-state index is 0.0416. The SMILES string of the molecule is CC(=O)N(C)CC(=O)NC(C)c1cc2ccccc2o1. The van der Waals surface area contributed by atoms with E-state index in [2.05, 4.69) is 5.32 Å². The van der Waals surface area contributed by atoms with Crippen molar-refractivity contribution in [2.45, 2.75) is 19.9 Å². The molecule has 0 aliphatic carbocycles. The molecule has 5 nitrogen and oxygen atoms in total. The molecule has 0 fully saturated rings. The van der Waals surface area contributed by atoms with Gasteiger partial charge in [0.2, 0.25) is 11.8 Å². The minimum Gasteiger partial charge on any atom is -0.459 e. The highest BCUT2D eigenvalue weighted by atomic mass is 16.3. The van der Waals surface area contributed by atoms with Gasteiger partial charge < -0.3 is 14.6 Å². The molecular formula is C15H18N2O3. The summed E-state index contributed by atoms with van der Waals surface area (Å²) in [6, 6.07) is 9.36. The summed E-state index contributed by atoms with van der Waals surface area (Å²) in [5.74, 6) is 0.345. The first kappa shape index (κ1) is 14.1. The number of carbonyl (C=O) groups is 2. The van der Waals surface area contributed by atoms with Gasteiger partial charge in [-0.15, -0.1) is 0 Å². The van der Waals surface area contributed by atoms with Crippen LogP contribution in [0.2, 0.25) is 0 Å². The van der Waals surface area contributed by atoms with Crippen molar-refractivity contribution in [3.63, 3.8) is 0 Å². The molecule has 106 valence electrons. The molecule has 0 radical (unpaired) electrons. The largest absolute Gasteiger partial charge is 0.459 e. The lowest BCUT2D eigenvalue weighted by Crippen LogP contribution is -2.38. The smallest absolute Gasteiger partial charge is 0.240 e. The Morgan fingerprint density at radius 2 is 2.05 bits per heavy atom. The molecular weight excluding hydrogens is 256 g/mol. The second-order valence-corrected chi connectivity index (χ2v) is 4.85. The van der Waals surface area contributed by atoms with Gasteiger partial charge in [-0.25, -0.2) is 0 Å². The Kier molecular flexibility index (Phi) is 4.08. The third-order valence-electron chi connectivity index (χ3n) is 3.17. The van der Waals surface area contributed by atoms with E-state index in [1.165, 1.54) is 11.8 Å². The Bertz CT molecular complexity index is 600. The van der Waals surface area contributed by atoms with Crippen LogP contribution in [0.3, 0.4) is 0 Å². The van der Waals surface area contributed by atoms with Crippen molar-refractivity contribution in [1.29, 1.82) is 0 Å². The van der Waals surface area contributed by atoms with E-state index in [0.29, 0.717) is 5.76 Å². The van der Waals surface area contributed by atoms with Crippen LogP contribution < -0.4 is 5.32 Å². The third-order valence-corrected chi connectivity index (χ3v) is 3.17. The number of hydrogen-bond acceptors (Lipinski definition) is 3. The van der Waals surface area contributed by atoms with Crippen molar-refractivity contribution >= 4 is 22.8 Å². The topological polar surface area (TPSA) is 62.6 Å². The summed E-state index contributed by atoms with van der Waals surface area (Å²) in [7, 11) is 1.59. The zero-order chi connectivity index (χ0) is 14.7. The number of likely N-dealkylation sites (N-methyl/N-ethyl adjacent to an activating group) is 1. The molecule has 0 saturated heterocycles. The van der Waals surface area contributed by atoms with Crippen molar-refractivity contribution in [2.24, 2.45) is 0 Å². The van der Waals surface area contributed by atoms with Crippen LogP contribution >= 0.6 is 0 Å². The van der Waals surface area contributed by atoms with Crippen LogP contribution in [0.15, 0.2) is 34.7 Å². The summed E-state index contributed by atoms with van der Waals surface area (Å²) in [5, 5.41) is 3.82. The number of furan rings is 1. The number of para-hydroxylation sites is 1. The van der Waals surface area contributed by atoms with Gasteiger partial charge >= 0.3 is 0 Å². The highest BCUT2D eigenvalue weighted by Gasteiger charge is 2.15. The zero-order valence-corrected chi connectivity index (χ0v) is 11.8. The van der Waals surface area contributed by atoms with E-state index in [4.69, 9.17) is 4.42 Å². The summed E-state index contributed by atoms with van der Waals surface area (Å²) in [4.78, 5) is 24.3. The molecule has 2 aromatic rings. The molecule has 5 heteroatoms. The summed E-state index contributed by atoms with van der Waals surface area (Å²) >= 11 is 0. The average Bonchev–Trinajstić information content (AvgIpc) is 2.82. The first-order valence-electron chi connectivity index (χ1n) is 6.47. The van der Waals surface area contributed by atoms with Gasteiger partial charge in [-0.1, -0.05) is 18.2 Å². The molecule has 1 aromatic carbocycles. The Morgan fingerprint density at radius 3 is 2.70 bits per heavy atom. The molecule has 1 atom stereocenters. The van der Waals surface area contributed by atoms with Gasteiger partial charge in [-0.05, 0) is 19.1 Å². The second-order valence-electron chi connectivity index (χ2n) is 4.85. The van der Waals surface area contributed by atoms with E-state index in [0.717, 1.165) is 11.0 Å². The Morgan fingerprint density at radius 1 is 1.35 bits per heavy atom. The molecule has 1 unspecified atom stereocenters. The summed E-state index contributed by atoms with van der Waals surface area (Å²) in [6.07, 6.45) is 0. The van der Waals surface area contributed by atoms with Crippen LogP contribution in [0.25, 0.3) is 11.0 Å². The van der Waals surface area contributed by atoms with E-state index < -0.39 is 0 Å². The van der Waals surface area contributed by atoms with Gasteiger partial charge in [0.05, 0.1) is 12.6 Å². The number of nitrogens with one attached hydrogen (secondary N) is 1. The van der Waals surface area contributed by atoms with Crippen molar-refractivity contribution in [2.75, 3.05) is 13.6 Å². The zero-order valence-electron chi connectivity index (χ0n) is 11.8. The van der Waals surface area contributed by atoms with Crippen molar-refractivity contribution in [3.05, 3.63) is 36.1 Å². The first-order chi connectivity index (χ1) is 9.47. The average molecular weight is 274 g/mol. The number of fused-ring (bicyclic) bond motifs is 1. The number of carbonyl (C=O) groups excluding carboxylic acids is 2. The van der Waals surface area contributed by atoms with Crippen LogP contribution in [0.1, 0.15) is 25.6 Å². The highest BCUT2D eigenvalue weighted by molar-refractivity contribution is 5.84. The van der Waals surface area contributed by atoms with Gasteiger partial charge in [0, 0.05) is 19.4 Å². The molecule has 0 spiro atoms. The Labute approximate surface area is 117 Å². The Balaban J connectivity index is 2.02. The standard InChI is InChI=1S/C15H18N2O3/c1-10(16-15(19)9-17(3)11(2)18)14-8-12-6-4-5-7-13(12)20-14/h4-8,10H,9H2,1-3H3,(H,16,19). The maximum absolute atomic E-state index is 11.8. The van der Waals surface area contributed by atoms with E-state index in [1.807, 2.05) is 37.3 Å². The summed E-state index contributed by atoms with van der Waals surface area (Å²) in [5.41, 5.74) is 0.796.